The molecule has 35 heavy (non-hydrogen) atoms. The van der Waals surface area contributed by atoms with Gasteiger partial charge in [0.25, 0.3) is 0 Å². The topological polar surface area (TPSA) is 49.4 Å². The molecule has 0 aliphatic carbocycles. The first-order valence-electron chi connectivity index (χ1n) is 12.5. The van der Waals surface area contributed by atoms with Gasteiger partial charge in [0.05, 0.1) is 6.42 Å². The van der Waals surface area contributed by atoms with E-state index in [0.29, 0.717) is 13.0 Å². The number of amides is 2. The quantitative estimate of drug-likeness (QED) is 0.413. The lowest BCUT2D eigenvalue weighted by molar-refractivity contribution is -0.141. The van der Waals surface area contributed by atoms with Gasteiger partial charge in [0.1, 0.15) is 6.04 Å². The lowest BCUT2D eigenvalue weighted by Gasteiger charge is -2.32. The van der Waals surface area contributed by atoms with Crippen LogP contribution < -0.4 is 5.32 Å². The van der Waals surface area contributed by atoms with Crippen LogP contribution in [-0.4, -0.2) is 28.8 Å². The van der Waals surface area contributed by atoms with Gasteiger partial charge in [-0.25, -0.2) is 0 Å². The Morgan fingerprint density at radius 1 is 0.829 bits per heavy atom. The van der Waals surface area contributed by atoms with E-state index >= 15 is 0 Å². The van der Waals surface area contributed by atoms with E-state index in [0.717, 1.165) is 34.2 Å². The fourth-order valence-corrected chi connectivity index (χ4v) is 4.07. The van der Waals surface area contributed by atoms with Gasteiger partial charge in [0, 0.05) is 19.0 Å². The molecule has 0 aliphatic rings. The van der Waals surface area contributed by atoms with Gasteiger partial charge in [-0.2, -0.15) is 0 Å². The summed E-state index contributed by atoms with van der Waals surface area (Å²) in [6, 6.07) is 23.7. The van der Waals surface area contributed by atoms with E-state index in [2.05, 4.69) is 31.3 Å². The van der Waals surface area contributed by atoms with E-state index in [1.165, 1.54) is 5.56 Å². The van der Waals surface area contributed by atoms with Gasteiger partial charge in [-0.1, -0.05) is 85.3 Å². The SMILES string of the molecule is CC[C@@H](C)NC(=O)[C@H](Cc1ccccc1)N(Cc1ccc(C)cc1)C(=O)Cc1ccc(C)c(C)c1. The Kier molecular flexibility index (Phi) is 9.25. The number of rotatable bonds is 10. The molecule has 4 nitrogen and oxygen atoms in total. The van der Waals surface area contributed by atoms with E-state index in [4.69, 9.17) is 0 Å². The number of hydrogen-bond acceptors (Lipinski definition) is 2. The first-order valence-corrected chi connectivity index (χ1v) is 12.5. The highest BCUT2D eigenvalue weighted by Gasteiger charge is 2.31. The lowest BCUT2D eigenvalue weighted by atomic mass is 10.00. The van der Waals surface area contributed by atoms with Crippen LogP contribution >= 0.6 is 0 Å². The van der Waals surface area contributed by atoms with Crippen LogP contribution in [0.4, 0.5) is 0 Å². The van der Waals surface area contributed by atoms with Crippen LogP contribution in [0.25, 0.3) is 0 Å². The summed E-state index contributed by atoms with van der Waals surface area (Å²) in [5.41, 5.74) is 6.54. The zero-order chi connectivity index (χ0) is 25.4. The molecule has 0 unspecified atom stereocenters. The summed E-state index contributed by atoms with van der Waals surface area (Å²) >= 11 is 0. The summed E-state index contributed by atoms with van der Waals surface area (Å²) in [4.78, 5) is 29.1. The predicted molar refractivity (Wildman–Crippen MR) is 143 cm³/mol. The molecule has 1 N–H and O–H groups in total. The Hall–Kier alpha value is -3.40. The van der Waals surface area contributed by atoms with Gasteiger partial charge in [0.2, 0.25) is 11.8 Å². The van der Waals surface area contributed by atoms with Crippen LogP contribution in [0.3, 0.4) is 0 Å². The van der Waals surface area contributed by atoms with Crippen LogP contribution in [0.5, 0.6) is 0 Å². The number of carbonyl (C=O) groups excluding carboxylic acids is 2. The van der Waals surface area contributed by atoms with Gasteiger partial charge in [-0.3, -0.25) is 9.59 Å². The van der Waals surface area contributed by atoms with Crippen molar-refractivity contribution in [2.45, 2.75) is 72.5 Å². The Labute approximate surface area is 210 Å². The highest BCUT2D eigenvalue weighted by atomic mass is 16.2. The van der Waals surface area contributed by atoms with Crippen LogP contribution in [0.2, 0.25) is 0 Å². The van der Waals surface area contributed by atoms with Crippen molar-refractivity contribution in [1.82, 2.24) is 10.2 Å². The first-order chi connectivity index (χ1) is 16.8. The standard InChI is InChI=1S/C31H38N2O2/c1-6-25(5)32-31(35)29(19-26-10-8-7-9-11-26)33(21-27-15-12-22(2)13-16-27)30(34)20-28-17-14-23(3)24(4)18-28/h7-18,25,29H,6,19-21H2,1-5H3,(H,32,35)/t25-,29+/m1/s1. The third kappa shape index (κ3) is 7.54. The Morgan fingerprint density at radius 3 is 2.11 bits per heavy atom. The molecule has 3 rings (SSSR count). The maximum atomic E-state index is 13.8. The van der Waals surface area contributed by atoms with Crippen LogP contribution in [0.15, 0.2) is 72.8 Å². The van der Waals surface area contributed by atoms with Crippen LogP contribution in [0.1, 0.15) is 53.6 Å². The Bertz CT molecular complexity index is 1120. The molecule has 0 bridgehead atoms. The minimum Gasteiger partial charge on any atom is -0.352 e. The summed E-state index contributed by atoms with van der Waals surface area (Å²) in [5, 5.41) is 3.13. The van der Waals surface area contributed by atoms with Crippen molar-refractivity contribution in [2.24, 2.45) is 0 Å². The molecule has 0 aromatic heterocycles. The highest BCUT2D eigenvalue weighted by molar-refractivity contribution is 5.89. The Balaban J connectivity index is 1.97. The second-order valence-corrected chi connectivity index (χ2v) is 9.63. The fourth-order valence-electron chi connectivity index (χ4n) is 4.07. The van der Waals surface area contributed by atoms with Crippen molar-refractivity contribution in [3.05, 3.63) is 106 Å². The number of carbonyl (C=O) groups is 2. The van der Waals surface area contributed by atoms with Gasteiger partial charge in [-0.15, -0.1) is 0 Å². The molecule has 3 aromatic rings. The molecule has 2 atom stereocenters. The highest BCUT2D eigenvalue weighted by Crippen LogP contribution is 2.18. The molecular weight excluding hydrogens is 432 g/mol. The molecule has 0 fully saturated rings. The Morgan fingerprint density at radius 2 is 1.49 bits per heavy atom. The zero-order valence-electron chi connectivity index (χ0n) is 21.7. The molecule has 184 valence electrons. The van der Waals surface area contributed by atoms with E-state index in [1.807, 2.05) is 81.4 Å². The number of benzene rings is 3. The molecule has 0 heterocycles. The largest absolute Gasteiger partial charge is 0.352 e. The van der Waals surface area contributed by atoms with Crippen molar-refractivity contribution in [3.63, 3.8) is 0 Å². The van der Waals surface area contributed by atoms with E-state index in [1.54, 1.807) is 4.90 Å². The number of nitrogens with one attached hydrogen (secondary N) is 1. The monoisotopic (exact) mass is 470 g/mol. The van der Waals surface area contributed by atoms with Gasteiger partial charge >= 0.3 is 0 Å². The van der Waals surface area contributed by atoms with Gasteiger partial charge in [0.15, 0.2) is 0 Å². The average Bonchev–Trinajstić information content (AvgIpc) is 2.85. The van der Waals surface area contributed by atoms with Gasteiger partial charge in [-0.05, 0) is 61.9 Å². The van der Waals surface area contributed by atoms with E-state index < -0.39 is 6.04 Å². The normalized spacial score (nSPS) is 12.6. The van der Waals surface area contributed by atoms with Crippen molar-refractivity contribution in [2.75, 3.05) is 0 Å². The molecular formula is C31H38N2O2. The van der Waals surface area contributed by atoms with Crippen molar-refractivity contribution in [1.29, 1.82) is 0 Å². The molecule has 4 heteroatoms. The molecule has 0 saturated carbocycles. The molecule has 0 spiro atoms. The molecule has 0 radical (unpaired) electrons. The maximum Gasteiger partial charge on any atom is 0.243 e. The van der Waals surface area contributed by atoms with Crippen molar-refractivity contribution < 1.29 is 9.59 Å². The second-order valence-electron chi connectivity index (χ2n) is 9.63. The molecule has 2 amide bonds. The molecule has 3 aromatic carbocycles. The first kappa shape index (κ1) is 26.2. The molecule has 0 saturated heterocycles. The number of aryl methyl sites for hydroxylation is 3. The smallest absolute Gasteiger partial charge is 0.243 e. The second kappa shape index (κ2) is 12.3. The van der Waals surface area contributed by atoms with Crippen LogP contribution in [0, 0.1) is 20.8 Å². The van der Waals surface area contributed by atoms with Crippen molar-refractivity contribution in [3.8, 4) is 0 Å². The number of nitrogens with zero attached hydrogens (tertiary/aromatic N) is 1. The lowest BCUT2D eigenvalue weighted by Crippen LogP contribution is -2.52. The minimum atomic E-state index is -0.605. The molecule has 0 aliphatic heterocycles. The summed E-state index contributed by atoms with van der Waals surface area (Å²) in [7, 11) is 0. The summed E-state index contributed by atoms with van der Waals surface area (Å²) in [6.45, 7) is 10.6. The minimum absolute atomic E-state index is 0.0387. The summed E-state index contributed by atoms with van der Waals surface area (Å²) in [6.07, 6.45) is 1.56. The van der Waals surface area contributed by atoms with E-state index in [9.17, 15) is 9.59 Å². The summed E-state index contributed by atoms with van der Waals surface area (Å²) in [5.74, 6) is -0.155. The van der Waals surface area contributed by atoms with E-state index in [-0.39, 0.29) is 24.3 Å². The predicted octanol–water partition coefficient (Wildman–Crippen LogP) is 5.71. The zero-order valence-corrected chi connectivity index (χ0v) is 21.7. The fraction of sp³-hybridized carbons (Fsp3) is 0.355. The number of hydrogen-bond donors (Lipinski definition) is 1. The van der Waals surface area contributed by atoms with Crippen LogP contribution in [-0.2, 0) is 29.0 Å². The average molecular weight is 471 g/mol. The summed E-state index contributed by atoms with van der Waals surface area (Å²) < 4.78 is 0. The van der Waals surface area contributed by atoms with Crippen molar-refractivity contribution >= 4 is 11.8 Å². The van der Waals surface area contributed by atoms with Gasteiger partial charge < -0.3 is 10.2 Å². The third-order valence-corrected chi connectivity index (χ3v) is 6.67. The third-order valence-electron chi connectivity index (χ3n) is 6.67. The maximum absolute atomic E-state index is 13.8.